The van der Waals surface area contributed by atoms with Crippen LogP contribution >= 0.6 is 31.9 Å². The van der Waals surface area contributed by atoms with E-state index in [4.69, 9.17) is 9.47 Å². The van der Waals surface area contributed by atoms with Gasteiger partial charge in [0, 0.05) is 45.0 Å². The molecule has 0 saturated carbocycles. The summed E-state index contributed by atoms with van der Waals surface area (Å²) >= 11 is 8.03. The average molecular weight is 829 g/mol. The predicted molar refractivity (Wildman–Crippen MR) is 225 cm³/mol. The van der Waals surface area contributed by atoms with E-state index in [0.717, 1.165) is 75.0 Å². The van der Waals surface area contributed by atoms with E-state index in [1.807, 2.05) is 0 Å². The molecule has 0 amide bonds. The molecule has 0 radical (unpaired) electrons. The van der Waals surface area contributed by atoms with Gasteiger partial charge in [0.2, 0.25) is 0 Å². The van der Waals surface area contributed by atoms with Gasteiger partial charge in [0.15, 0.2) is 0 Å². The van der Waals surface area contributed by atoms with Crippen LogP contribution in [0.25, 0.3) is 43.8 Å². The molecule has 0 saturated heterocycles. The molecule has 0 bridgehead atoms. The second-order valence-corrected chi connectivity index (χ2v) is 19.7. The van der Waals surface area contributed by atoms with Gasteiger partial charge in [0.1, 0.15) is 11.5 Å². The third-order valence-electron chi connectivity index (χ3n) is 9.55. The minimum absolute atomic E-state index is 0.260. The summed E-state index contributed by atoms with van der Waals surface area (Å²) in [5.74, 6) is 0.674. The molecule has 0 aliphatic rings. The number of esters is 2. The number of ether oxygens (including phenoxy) is 2. The fourth-order valence-corrected chi connectivity index (χ4v) is 8.16. The van der Waals surface area contributed by atoms with Crippen LogP contribution in [0.5, 0.6) is 11.5 Å². The summed E-state index contributed by atoms with van der Waals surface area (Å²) in [5.41, 5.74) is 7.24. The molecule has 0 aliphatic heterocycles. The summed E-state index contributed by atoms with van der Waals surface area (Å²) in [5, 5.41) is 4.39. The maximum Gasteiger partial charge on any atom is 0.308 e. The van der Waals surface area contributed by atoms with Gasteiger partial charge in [-0.1, -0.05) is 107 Å². The van der Waals surface area contributed by atoms with Crippen molar-refractivity contribution < 1.29 is 19.1 Å². The first-order valence-electron chi connectivity index (χ1n) is 17.9. The Bertz CT molecular complexity index is 2020. The van der Waals surface area contributed by atoms with E-state index in [1.165, 1.54) is 13.8 Å². The highest BCUT2D eigenvalue weighted by atomic mass is 79.9. The van der Waals surface area contributed by atoms with Gasteiger partial charge >= 0.3 is 11.9 Å². The summed E-state index contributed by atoms with van der Waals surface area (Å²) < 4.78 is 13.9. The normalized spacial score (nSPS) is 12.8. The van der Waals surface area contributed by atoms with E-state index in [1.54, 1.807) is 0 Å². The van der Waals surface area contributed by atoms with Crippen molar-refractivity contribution in [2.75, 3.05) is 0 Å². The van der Waals surface area contributed by atoms with Crippen LogP contribution in [0.1, 0.15) is 119 Å². The highest BCUT2D eigenvalue weighted by molar-refractivity contribution is 9.11. The molecule has 4 nitrogen and oxygen atoms in total. The average Bonchev–Trinajstić information content (AvgIpc) is 3.00. The molecule has 5 aromatic rings. The van der Waals surface area contributed by atoms with E-state index in [2.05, 4.69) is 176 Å². The lowest BCUT2D eigenvalue weighted by molar-refractivity contribution is -0.133. The highest BCUT2D eigenvalue weighted by Gasteiger charge is 2.31. The van der Waals surface area contributed by atoms with Crippen LogP contribution in [0.4, 0.5) is 0 Å². The first-order chi connectivity index (χ1) is 23.8. The van der Waals surface area contributed by atoms with E-state index in [9.17, 15) is 9.59 Å². The van der Waals surface area contributed by atoms with Crippen LogP contribution in [0.2, 0.25) is 0 Å². The molecule has 0 heterocycles. The van der Waals surface area contributed by atoms with E-state index < -0.39 is 0 Å². The zero-order valence-electron chi connectivity index (χ0n) is 33.2. The van der Waals surface area contributed by atoms with Crippen molar-refractivity contribution in [1.29, 1.82) is 0 Å². The van der Waals surface area contributed by atoms with Crippen LogP contribution in [0.15, 0.2) is 69.6 Å². The molecule has 0 spiro atoms. The van der Waals surface area contributed by atoms with Crippen LogP contribution in [-0.2, 0) is 31.2 Å². The van der Waals surface area contributed by atoms with E-state index >= 15 is 0 Å². The quantitative estimate of drug-likeness (QED) is 0.103. The molecule has 5 aromatic carbocycles. The molecule has 0 atom stereocenters. The molecular formula is C46H52Br2O4. The van der Waals surface area contributed by atoms with E-state index in [-0.39, 0.29) is 33.6 Å². The van der Waals surface area contributed by atoms with Crippen LogP contribution in [0.3, 0.4) is 0 Å². The summed E-state index contributed by atoms with van der Waals surface area (Å²) in [7, 11) is 0. The second-order valence-electron chi connectivity index (χ2n) is 18.1. The Kier molecular flexibility index (Phi) is 10.5. The van der Waals surface area contributed by atoms with Crippen molar-refractivity contribution in [3.05, 3.63) is 91.9 Å². The minimum Gasteiger partial charge on any atom is -0.426 e. The first kappa shape index (κ1) is 39.7. The number of carbonyl (C=O) groups is 2. The molecule has 0 aliphatic carbocycles. The van der Waals surface area contributed by atoms with Gasteiger partial charge in [-0.25, -0.2) is 0 Å². The summed E-state index contributed by atoms with van der Waals surface area (Å²) in [6.45, 7) is 28.8. The Balaban J connectivity index is 1.77. The standard InChI is InChI=1S/C46H52Br2O4/c1-25(49)51-41-35(43(3,4)5)21-29(22-36(41)44(6,7)8)27-15-17-31-33(19-27)40(48)34-20-28(16-18-32(34)39(31)47)30-23-37(45(9,10)11)42(52-26(2)50)38(24-30)46(12,13)14/h15-24H,1-14H3. The lowest BCUT2D eigenvalue weighted by Crippen LogP contribution is -2.21. The topological polar surface area (TPSA) is 52.6 Å². The van der Waals surface area contributed by atoms with Gasteiger partial charge in [-0.05, 0) is 134 Å². The van der Waals surface area contributed by atoms with Crippen LogP contribution in [0, 0.1) is 0 Å². The number of fused-ring (bicyclic) bond motifs is 2. The summed E-state index contributed by atoms with van der Waals surface area (Å²) in [6, 6.07) is 21.9. The molecular weight excluding hydrogens is 776 g/mol. The fraction of sp³-hybridized carbons (Fsp3) is 0.391. The van der Waals surface area contributed by atoms with Gasteiger partial charge in [-0.3, -0.25) is 9.59 Å². The van der Waals surface area contributed by atoms with Crippen molar-refractivity contribution in [2.24, 2.45) is 0 Å². The van der Waals surface area contributed by atoms with Crippen molar-refractivity contribution >= 4 is 65.3 Å². The number of hydrogen-bond donors (Lipinski definition) is 0. The summed E-state index contributed by atoms with van der Waals surface area (Å²) in [4.78, 5) is 24.6. The summed E-state index contributed by atoms with van der Waals surface area (Å²) in [6.07, 6.45) is 0. The van der Waals surface area contributed by atoms with Crippen molar-refractivity contribution in [3.8, 4) is 33.8 Å². The Morgan fingerprint density at radius 3 is 0.942 bits per heavy atom. The zero-order chi connectivity index (χ0) is 38.9. The zero-order valence-corrected chi connectivity index (χ0v) is 36.3. The third-order valence-corrected chi connectivity index (χ3v) is 11.3. The number of hydrogen-bond acceptors (Lipinski definition) is 4. The Hall–Kier alpha value is -3.48. The number of benzene rings is 5. The SMILES string of the molecule is CC(=O)Oc1c(C(C)(C)C)cc(-c2ccc3c(Br)c4ccc(-c5cc(C(C)(C)C)c(OC(C)=O)c(C(C)(C)C)c5)cc4c(Br)c3c2)cc1C(C)(C)C. The monoisotopic (exact) mass is 826 g/mol. The lowest BCUT2D eigenvalue weighted by atomic mass is 9.77. The number of halogens is 2. The van der Waals surface area contributed by atoms with Crippen molar-refractivity contribution in [2.45, 2.75) is 119 Å². The fourth-order valence-electron chi connectivity index (χ4n) is 6.81. The number of rotatable bonds is 4. The smallest absolute Gasteiger partial charge is 0.308 e. The highest BCUT2D eigenvalue weighted by Crippen LogP contribution is 2.47. The Labute approximate surface area is 326 Å². The molecule has 0 unspecified atom stereocenters. The van der Waals surface area contributed by atoms with Crippen LogP contribution < -0.4 is 9.47 Å². The Morgan fingerprint density at radius 2 is 0.692 bits per heavy atom. The second kappa shape index (κ2) is 13.7. The molecule has 0 N–H and O–H groups in total. The van der Waals surface area contributed by atoms with Crippen molar-refractivity contribution in [3.63, 3.8) is 0 Å². The molecule has 0 aromatic heterocycles. The lowest BCUT2D eigenvalue weighted by Gasteiger charge is -2.30. The largest absolute Gasteiger partial charge is 0.426 e. The Morgan fingerprint density at radius 1 is 0.423 bits per heavy atom. The van der Waals surface area contributed by atoms with Gasteiger partial charge in [-0.2, -0.15) is 0 Å². The van der Waals surface area contributed by atoms with E-state index in [0.29, 0.717) is 11.5 Å². The van der Waals surface area contributed by atoms with Gasteiger partial charge in [-0.15, -0.1) is 0 Å². The number of carbonyl (C=O) groups excluding carboxylic acids is 2. The molecule has 5 rings (SSSR count). The third kappa shape index (κ3) is 7.89. The van der Waals surface area contributed by atoms with Gasteiger partial charge < -0.3 is 9.47 Å². The molecule has 274 valence electrons. The van der Waals surface area contributed by atoms with Gasteiger partial charge in [0.25, 0.3) is 0 Å². The van der Waals surface area contributed by atoms with Crippen molar-refractivity contribution in [1.82, 2.24) is 0 Å². The molecule has 0 fully saturated rings. The molecule has 52 heavy (non-hydrogen) atoms. The predicted octanol–water partition coefficient (Wildman–Crippen LogP) is 13.9. The molecule has 6 heteroatoms. The first-order valence-corrected chi connectivity index (χ1v) is 19.5. The maximum absolute atomic E-state index is 12.3. The van der Waals surface area contributed by atoms with Gasteiger partial charge in [0.05, 0.1) is 0 Å². The minimum atomic E-state index is -0.320. The maximum atomic E-state index is 12.3. The van der Waals surface area contributed by atoms with Crippen LogP contribution in [-0.4, -0.2) is 11.9 Å².